The molecule has 39 heavy (non-hydrogen) atoms. The van der Waals surface area contributed by atoms with Gasteiger partial charge in [-0.1, -0.05) is 39.8 Å². The zero-order chi connectivity index (χ0) is 28.9. The molecule has 0 aromatic rings. The van der Waals surface area contributed by atoms with Gasteiger partial charge in [0.15, 0.2) is 0 Å². The summed E-state index contributed by atoms with van der Waals surface area (Å²) in [7, 11) is 0. The Morgan fingerprint density at radius 2 is 1.13 bits per heavy atom. The second kappa shape index (κ2) is 16.2. The number of carboxylic acid groups (broad SMARTS) is 2. The summed E-state index contributed by atoms with van der Waals surface area (Å²) in [5, 5.41) is 23.3. The molecule has 8 atom stereocenters. The van der Waals surface area contributed by atoms with Crippen molar-refractivity contribution < 1.29 is 38.9 Å². The molecule has 0 radical (unpaired) electrons. The molecule has 2 fully saturated rings. The molecule has 10 nitrogen and oxygen atoms in total. The quantitative estimate of drug-likeness (QED) is 0.248. The molecule has 0 heterocycles. The number of ether oxygens (including phenoxy) is 2. The predicted molar refractivity (Wildman–Crippen MR) is 146 cm³/mol. The Hall–Kier alpha value is -3.04. The Balaban J connectivity index is 1.67. The molecule has 0 aromatic carbocycles. The summed E-state index contributed by atoms with van der Waals surface area (Å²) in [6.45, 7) is 8.20. The van der Waals surface area contributed by atoms with Crippen LogP contribution in [-0.2, 0) is 19.1 Å². The molecule has 2 saturated carbocycles. The summed E-state index contributed by atoms with van der Waals surface area (Å²) >= 11 is 0. The highest BCUT2D eigenvalue weighted by atomic mass is 16.6. The van der Waals surface area contributed by atoms with E-state index < -0.39 is 24.1 Å². The van der Waals surface area contributed by atoms with Crippen LogP contribution in [0.4, 0.5) is 9.59 Å². The maximum atomic E-state index is 12.2. The van der Waals surface area contributed by atoms with E-state index in [-0.39, 0.29) is 37.1 Å². The van der Waals surface area contributed by atoms with Crippen molar-refractivity contribution in [2.24, 2.45) is 35.5 Å². The van der Waals surface area contributed by atoms with E-state index in [0.717, 1.165) is 57.1 Å². The van der Waals surface area contributed by atoms with Gasteiger partial charge in [0.05, 0.1) is 13.2 Å². The fourth-order valence-electron chi connectivity index (χ4n) is 5.75. The fourth-order valence-corrected chi connectivity index (χ4v) is 5.75. The lowest BCUT2D eigenvalue weighted by Gasteiger charge is -2.39. The normalized spacial score (nSPS) is 28.9. The Labute approximate surface area is 231 Å². The fraction of sp³-hybridized carbons (Fsp3) is 0.724. The highest BCUT2D eigenvalue weighted by Crippen LogP contribution is 2.39. The summed E-state index contributed by atoms with van der Waals surface area (Å²) in [6.07, 6.45) is 11.4. The Kier molecular flexibility index (Phi) is 13.3. The van der Waals surface area contributed by atoms with Gasteiger partial charge in [0, 0.05) is 36.1 Å². The third-order valence-corrected chi connectivity index (χ3v) is 7.92. The lowest BCUT2D eigenvalue weighted by molar-refractivity contribution is -0.132. The molecule has 220 valence electrons. The van der Waals surface area contributed by atoms with Crippen LogP contribution in [0.3, 0.4) is 0 Å². The van der Waals surface area contributed by atoms with E-state index in [4.69, 9.17) is 19.7 Å². The molecule has 4 N–H and O–H groups in total. The van der Waals surface area contributed by atoms with Crippen LogP contribution in [0, 0.1) is 35.5 Å². The smallest absolute Gasteiger partial charge is 0.407 e. The van der Waals surface area contributed by atoms with Gasteiger partial charge in [-0.3, -0.25) is 0 Å². The average Bonchev–Trinajstić information content (AvgIpc) is 2.87. The zero-order valence-corrected chi connectivity index (χ0v) is 23.6. The minimum absolute atomic E-state index is 0.0748. The number of carboxylic acids is 2. The van der Waals surface area contributed by atoms with Crippen molar-refractivity contribution in [3.63, 3.8) is 0 Å². The van der Waals surface area contributed by atoms with Gasteiger partial charge in [-0.15, -0.1) is 0 Å². The highest BCUT2D eigenvalue weighted by molar-refractivity contribution is 5.80. The Morgan fingerprint density at radius 1 is 0.744 bits per heavy atom. The lowest BCUT2D eigenvalue weighted by Crippen LogP contribution is -2.44. The summed E-state index contributed by atoms with van der Waals surface area (Å²) in [5.41, 5.74) is 0. The van der Waals surface area contributed by atoms with E-state index in [1.54, 1.807) is 13.8 Å². The van der Waals surface area contributed by atoms with Gasteiger partial charge in [0.1, 0.15) is 0 Å². The number of carbonyl (C=O) groups is 4. The van der Waals surface area contributed by atoms with Crippen LogP contribution in [0.5, 0.6) is 0 Å². The van der Waals surface area contributed by atoms with Gasteiger partial charge in [-0.2, -0.15) is 0 Å². The number of rotatable bonds is 12. The van der Waals surface area contributed by atoms with Crippen molar-refractivity contribution in [3.05, 3.63) is 24.3 Å². The molecule has 0 saturated heterocycles. The van der Waals surface area contributed by atoms with Gasteiger partial charge in [0.25, 0.3) is 0 Å². The number of hydrogen-bond acceptors (Lipinski definition) is 6. The molecule has 2 amide bonds. The molecule has 0 spiro atoms. The van der Waals surface area contributed by atoms with Crippen LogP contribution < -0.4 is 10.6 Å². The molecular weight excluding hydrogens is 504 g/mol. The second-order valence-corrected chi connectivity index (χ2v) is 11.6. The molecule has 10 heteroatoms. The highest BCUT2D eigenvalue weighted by Gasteiger charge is 2.34. The van der Waals surface area contributed by atoms with E-state index in [0.29, 0.717) is 23.7 Å². The first-order chi connectivity index (χ1) is 18.4. The van der Waals surface area contributed by atoms with Gasteiger partial charge in [0.2, 0.25) is 0 Å². The standard InChI is InChI=1S/C29H46N2O8/c1-18(5-11-26(32)33)16-38-28(36)30-24-9-7-22(13-20(24)3)15-23-8-10-25(21(4)14-23)31-29(37)39-17-19(2)6-12-27(34)35/h5-6,11-12,18-25H,7-10,13-17H2,1-4H3,(H,30,36)(H,31,37)(H,32,33)(H,34,35)/b11-5+,12-6+. The maximum Gasteiger partial charge on any atom is 0.407 e. The Bertz CT molecular complexity index is 819. The van der Waals surface area contributed by atoms with Crippen LogP contribution in [0.2, 0.25) is 0 Å². The third kappa shape index (κ3) is 12.6. The van der Waals surface area contributed by atoms with Gasteiger partial charge in [-0.25, -0.2) is 19.2 Å². The first kappa shape index (κ1) is 32.2. The van der Waals surface area contributed by atoms with E-state index in [1.165, 1.54) is 12.2 Å². The molecule has 0 aliphatic heterocycles. The number of amides is 2. The predicted octanol–water partition coefficient (Wildman–Crippen LogP) is 4.99. The number of aliphatic carboxylic acids is 2. The minimum atomic E-state index is -1.02. The van der Waals surface area contributed by atoms with Gasteiger partial charge in [-0.05, 0) is 68.6 Å². The monoisotopic (exact) mass is 550 g/mol. The number of hydrogen-bond donors (Lipinski definition) is 4. The summed E-state index contributed by atoms with van der Waals surface area (Å²) in [6, 6.07) is 0.150. The average molecular weight is 551 g/mol. The zero-order valence-electron chi connectivity index (χ0n) is 23.6. The van der Waals surface area contributed by atoms with Gasteiger partial charge < -0.3 is 30.3 Å². The van der Waals surface area contributed by atoms with Crippen LogP contribution >= 0.6 is 0 Å². The molecule has 0 bridgehead atoms. The number of nitrogens with one attached hydrogen (secondary N) is 2. The molecule has 2 aliphatic carbocycles. The van der Waals surface area contributed by atoms with Crippen molar-refractivity contribution >= 4 is 24.1 Å². The largest absolute Gasteiger partial charge is 0.478 e. The molecule has 8 unspecified atom stereocenters. The summed E-state index contributed by atoms with van der Waals surface area (Å²) in [5.74, 6) is -0.468. The molecular formula is C29H46N2O8. The first-order valence-corrected chi connectivity index (χ1v) is 14.1. The van der Waals surface area contributed by atoms with Crippen LogP contribution in [0.1, 0.15) is 72.6 Å². The second-order valence-electron chi connectivity index (χ2n) is 11.6. The minimum Gasteiger partial charge on any atom is -0.478 e. The lowest BCUT2D eigenvalue weighted by atomic mass is 9.70. The van der Waals surface area contributed by atoms with Crippen molar-refractivity contribution in [2.45, 2.75) is 84.7 Å². The van der Waals surface area contributed by atoms with E-state index in [2.05, 4.69) is 24.5 Å². The van der Waals surface area contributed by atoms with Gasteiger partial charge >= 0.3 is 24.1 Å². The number of carbonyl (C=O) groups excluding carboxylic acids is 2. The third-order valence-electron chi connectivity index (χ3n) is 7.92. The van der Waals surface area contributed by atoms with E-state index in [1.807, 2.05) is 0 Å². The van der Waals surface area contributed by atoms with Crippen molar-refractivity contribution in [3.8, 4) is 0 Å². The van der Waals surface area contributed by atoms with Crippen molar-refractivity contribution in [2.75, 3.05) is 13.2 Å². The number of alkyl carbamates (subject to hydrolysis) is 2. The molecule has 2 aliphatic rings. The first-order valence-electron chi connectivity index (χ1n) is 14.1. The molecule has 2 rings (SSSR count). The van der Waals surface area contributed by atoms with E-state index in [9.17, 15) is 19.2 Å². The Morgan fingerprint density at radius 3 is 1.46 bits per heavy atom. The van der Waals surface area contributed by atoms with Crippen LogP contribution in [-0.4, -0.2) is 59.6 Å². The topological polar surface area (TPSA) is 151 Å². The van der Waals surface area contributed by atoms with Crippen molar-refractivity contribution in [1.82, 2.24) is 10.6 Å². The van der Waals surface area contributed by atoms with Crippen LogP contribution in [0.25, 0.3) is 0 Å². The maximum absolute atomic E-state index is 12.2. The SMILES string of the molecule is CC(/C=C/C(=O)O)COC(=O)NC1CCC(CC2CCC(NC(=O)OCC(C)/C=C/C(=O)O)C(C)C2)CC1C. The van der Waals surface area contributed by atoms with Crippen LogP contribution in [0.15, 0.2) is 24.3 Å². The van der Waals surface area contributed by atoms with Crippen molar-refractivity contribution in [1.29, 1.82) is 0 Å². The summed E-state index contributed by atoms with van der Waals surface area (Å²) in [4.78, 5) is 45.7. The summed E-state index contributed by atoms with van der Waals surface area (Å²) < 4.78 is 10.5. The van der Waals surface area contributed by atoms with E-state index >= 15 is 0 Å². The molecule has 0 aromatic heterocycles.